The van der Waals surface area contributed by atoms with E-state index < -0.39 is 0 Å². The van der Waals surface area contributed by atoms with E-state index in [2.05, 4.69) is 188 Å². The van der Waals surface area contributed by atoms with E-state index in [1.165, 1.54) is 89.4 Å². The molecule has 0 spiro atoms. The molecule has 11 rings (SSSR count). The molecule has 292 valence electrons. The summed E-state index contributed by atoms with van der Waals surface area (Å²) in [5, 5.41) is 4.81. The third kappa shape index (κ3) is 5.68. The Morgan fingerprint density at radius 2 is 1.33 bits per heavy atom. The van der Waals surface area contributed by atoms with Gasteiger partial charge in [0.1, 0.15) is 11.2 Å². The molecule has 0 atom stereocenters. The highest BCUT2D eigenvalue weighted by molar-refractivity contribution is 7.99. The fourth-order valence-corrected chi connectivity index (χ4v) is 11.1. The first-order valence-corrected chi connectivity index (χ1v) is 22.3. The number of aryl methyl sites for hydroxylation is 1. The Balaban J connectivity index is 0.986. The number of nitrogens with zero attached hydrogens (tertiary/aromatic N) is 2. The standard InChI is InChI=1S/C56H47N2OS/c1-5-8-13-37-18-20-38(21-19-37)40-24-29-51-47(32-40)46-26-22-41(33-52(46)59-51)42-23-28-50-54(34-42)60-53-17-12-11-16-49(53)58(50)43-25-27-44-36(4)56(6-2,7-3)57-31-30-39-14-9-10-15-45(39)55(57)48(44)35-43/h9-12,14-35H,4-8,13H2,1-3H3/q+1. The topological polar surface area (TPSA) is 20.3 Å². The molecule has 9 aromatic rings. The monoisotopic (exact) mass is 795 g/mol. The van der Waals surface area contributed by atoms with E-state index in [9.17, 15) is 0 Å². The second kappa shape index (κ2) is 14.4. The van der Waals surface area contributed by atoms with Gasteiger partial charge in [-0.15, -0.1) is 0 Å². The maximum absolute atomic E-state index is 6.51. The van der Waals surface area contributed by atoms with Gasteiger partial charge >= 0.3 is 0 Å². The zero-order valence-corrected chi connectivity index (χ0v) is 35.3. The summed E-state index contributed by atoms with van der Waals surface area (Å²) in [6.45, 7) is 11.6. The minimum absolute atomic E-state index is 0.181. The number of rotatable bonds is 8. The van der Waals surface area contributed by atoms with E-state index >= 15 is 0 Å². The highest BCUT2D eigenvalue weighted by Crippen LogP contribution is 2.54. The third-order valence-corrected chi connectivity index (χ3v) is 14.4. The fourth-order valence-electron chi connectivity index (χ4n) is 9.99. The first-order valence-electron chi connectivity index (χ1n) is 21.5. The van der Waals surface area contributed by atoms with Crippen LogP contribution in [0, 0.1) is 0 Å². The van der Waals surface area contributed by atoms with Crippen LogP contribution in [-0.4, -0.2) is 0 Å². The van der Waals surface area contributed by atoms with Crippen LogP contribution in [0.15, 0.2) is 179 Å². The molecule has 4 heterocycles. The quantitative estimate of drug-likeness (QED) is 0.143. The van der Waals surface area contributed by atoms with E-state index in [1.807, 2.05) is 11.8 Å². The van der Waals surface area contributed by atoms with Crippen molar-refractivity contribution < 1.29 is 8.98 Å². The van der Waals surface area contributed by atoms with Crippen LogP contribution in [0.1, 0.15) is 57.6 Å². The summed E-state index contributed by atoms with van der Waals surface area (Å²) < 4.78 is 9.04. The molecule has 0 amide bonds. The van der Waals surface area contributed by atoms with Crippen molar-refractivity contribution in [3.63, 3.8) is 0 Å². The number of benzene rings is 7. The van der Waals surface area contributed by atoms with Crippen LogP contribution in [0.25, 0.3) is 71.8 Å². The molecule has 0 aliphatic carbocycles. The minimum atomic E-state index is -0.181. The van der Waals surface area contributed by atoms with Crippen LogP contribution in [0.5, 0.6) is 0 Å². The number of allylic oxidation sites excluding steroid dienone is 1. The number of aromatic nitrogens is 1. The summed E-state index contributed by atoms with van der Waals surface area (Å²) in [4.78, 5) is 4.91. The van der Waals surface area contributed by atoms with E-state index in [0.717, 1.165) is 52.5 Å². The summed E-state index contributed by atoms with van der Waals surface area (Å²) >= 11 is 1.84. The van der Waals surface area contributed by atoms with Crippen molar-refractivity contribution in [1.82, 2.24) is 0 Å². The fraction of sp³-hybridized carbons (Fsp3) is 0.161. The first kappa shape index (κ1) is 36.7. The van der Waals surface area contributed by atoms with Crippen molar-refractivity contribution in [2.24, 2.45) is 0 Å². The molecule has 3 nitrogen and oxygen atoms in total. The largest absolute Gasteiger partial charge is 0.456 e. The van der Waals surface area contributed by atoms with Crippen molar-refractivity contribution in [1.29, 1.82) is 0 Å². The molecular weight excluding hydrogens is 749 g/mol. The molecule has 2 aliphatic heterocycles. The van der Waals surface area contributed by atoms with E-state index in [4.69, 9.17) is 11.0 Å². The van der Waals surface area contributed by atoms with Gasteiger partial charge in [0.05, 0.1) is 22.3 Å². The number of furan rings is 1. The number of para-hydroxylation sites is 1. The Morgan fingerprint density at radius 3 is 2.18 bits per heavy atom. The third-order valence-electron chi connectivity index (χ3n) is 13.3. The van der Waals surface area contributed by atoms with Gasteiger partial charge in [-0.1, -0.05) is 124 Å². The van der Waals surface area contributed by atoms with Crippen molar-refractivity contribution in [3.8, 4) is 33.5 Å². The smallest absolute Gasteiger partial charge is 0.221 e. The van der Waals surface area contributed by atoms with Gasteiger partial charge in [0.2, 0.25) is 5.69 Å². The van der Waals surface area contributed by atoms with Gasteiger partial charge < -0.3 is 9.32 Å². The van der Waals surface area contributed by atoms with Crippen molar-refractivity contribution in [2.45, 2.75) is 68.2 Å². The summed E-state index contributed by atoms with van der Waals surface area (Å²) in [6, 6.07) is 56.1. The van der Waals surface area contributed by atoms with Crippen LogP contribution in [0.3, 0.4) is 0 Å². The molecule has 2 aliphatic rings. The molecule has 0 radical (unpaired) electrons. The van der Waals surface area contributed by atoms with Gasteiger partial charge in [-0.25, -0.2) is 0 Å². The Labute approximate surface area is 356 Å². The average Bonchev–Trinajstić information content (AvgIpc) is 3.67. The summed E-state index contributed by atoms with van der Waals surface area (Å²) in [5.41, 5.74) is 16.2. The predicted octanol–water partition coefficient (Wildman–Crippen LogP) is 15.8. The van der Waals surface area contributed by atoms with E-state index in [-0.39, 0.29) is 5.54 Å². The molecule has 0 bridgehead atoms. The van der Waals surface area contributed by atoms with Crippen molar-refractivity contribution in [2.75, 3.05) is 4.90 Å². The van der Waals surface area contributed by atoms with Crippen LogP contribution in [0.4, 0.5) is 17.1 Å². The average molecular weight is 796 g/mol. The van der Waals surface area contributed by atoms with Gasteiger partial charge in [-0.3, -0.25) is 0 Å². The lowest BCUT2D eigenvalue weighted by atomic mass is 9.75. The van der Waals surface area contributed by atoms with Gasteiger partial charge in [-0.2, -0.15) is 4.57 Å². The van der Waals surface area contributed by atoms with Gasteiger partial charge in [-0.05, 0) is 118 Å². The highest BCUT2D eigenvalue weighted by atomic mass is 32.2. The number of pyridine rings is 1. The van der Waals surface area contributed by atoms with Gasteiger partial charge in [0, 0.05) is 50.7 Å². The number of hydrogen-bond donors (Lipinski definition) is 0. The normalized spacial score (nSPS) is 14.0. The summed E-state index contributed by atoms with van der Waals surface area (Å²) in [7, 11) is 0. The lowest BCUT2D eigenvalue weighted by Gasteiger charge is -2.37. The molecule has 0 saturated carbocycles. The minimum Gasteiger partial charge on any atom is -0.456 e. The first-order chi connectivity index (χ1) is 29.5. The van der Waals surface area contributed by atoms with Gasteiger partial charge in [0.15, 0.2) is 11.7 Å². The van der Waals surface area contributed by atoms with Crippen LogP contribution < -0.4 is 9.47 Å². The predicted molar refractivity (Wildman–Crippen MR) is 253 cm³/mol. The Hall–Kier alpha value is -6.36. The molecular formula is C56H47N2OS+. The zero-order valence-electron chi connectivity index (χ0n) is 34.5. The maximum Gasteiger partial charge on any atom is 0.221 e. The molecule has 0 saturated heterocycles. The lowest BCUT2D eigenvalue weighted by Crippen LogP contribution is -2.59. The highest BCUT2D eigenvalue weighted by Gasteiger charge is 2.47. The van der Waals surface area contributed by atoms with Crippen molar-refractivity contribution >= 4 is 67.1 Å². The van der Waals surface area contributed by atoms with E-state index in [1.54, 1.807) is 0 Å². The molecule has 2 aromatic heterocycles. The van der Waals surface area contributed by atoms with Crippen LogP contribution in [-0.2, 0) is 12.0 Å². The molecule has 4 heteroatoms. The lowest BCUT2D eigenvalue weighted by molar-refractivity contribution is -0.740. The van der Waals surface area contributed by atoms with Crippen LogP contribution in [0.2, 0.25) is 0 Å². The SMILES string of the molecule is C=C1c2ccc(N3c4ccccc4Sc4cc(-c5ccc6c(c5)oc5ccc(-c7ccc(CCCC)cc7)cc56)ccc43)cc2-c2c3ccccc3cc[n+]2C1(CC)CC. The van der Waals surface area contributed by atoms with Crippen LogP contribution >= 0.6 is 11.8 Å². The number of fused-ring (bicyclic) bond motifs is 10. The summed E-state index contributed by atoms with van der Waals surface area (Å²) in [5.74, 6) is 0. The second-order valence-corrected chi connectivity index (χ2v) is 17.6. The second-order valence-electron chi connectivity index (χ2n) is 16.5. The Kier molecular flexibility index (Phi) is 8.82. The molecule has 0 fully saturated rings. The molecule has 60 heavy (non-hydrogen) atoms. The van der Waals surface area contributed by atoms with Gasteiger partial charge in [0.25, 0.3) is 0 Å². The zero-order chi connectivity index (χ0) is 40.5. The number of unbranched alkanes of at least 4 members (excludes halogenated alkanes) is 1. The number of anilines is 3. The molecule has 0 N–H and O–H groups in total. The Morgan fingerprint density at radius 1 is 0.600 bits per heavy atom. The summed E-state index contributed by atoms with van der Waals surface area (Å²) in [6.07, 6.45) is 7.82. The number of hydrogen-bond acceptors (Lipinski definition) is 3. The Bertz CT molecular complexity index is 3170. The molecule has 7 aromatic carbocycles. The maximum atomic E-state index is 6.51. The molecule has 0 unspecified atom stereocenters. The van der Waals surface area contributed by atoms with Crippen molar-refractivity contribution in [3.05, 3.63) is 176 Å². The van der Waals surface area contributed by atoms with E-state index in [0.29, 0.717) is 0 Å².